The van der Waals surface area contributed by atoms with E-state index < -0.39 is 12.0 Å². The second-order valence-corrected chi connectivity index (χ2v) is 7.01. The van der Waals surface area contributed by atoms with Crippen LogP contribution >= 0.6 is 0 Å². The van der Waals surface area contributed by atoms with E-state index in [1.165, 1.54) is 4.90 Å². The van der Waals surface area contributed by atoms with Gasteiger partial charge in [-0.1, -0.05) is 42.5 Å². The van der Waals surface area contributed by atoms with Crippen molar-refractivity contribution in [2.45, 2.75) is 32.4 Å². The number of rotatable bonds is 7. The Bertz CT molecular complexity index is 882. The van der Waals surface area contributed by atoms with Gasteiger partial charge in [0.05, 0.1) is 24.3 Å². The van der Waals surface area contributed by atoms with E-state index in [-0.39, 0.29) is 37.5 Å². The molecule has 1 unspecified atom stereocenters. The molecule has 0 aliphatic carbocycles. The van der Waals surface area contributed by atoms with Gasteiger partial charge in [0.1, 0.15) is 12.3 Å². The van der Waals surface area contributed by atoms with Crippen molar-refractivity contribution in [2.24, 2.45) is 0 Å². The zero-order valence-electron chi connectivity index (χ0n) is 16.5. The Morgan fingerprint density at radius 1 is 1.10 bits per heavy atom. The van der Waals surface area contributed by atoms with Crippen LogP contribution in [0, 0.1) is 0 Å². The zero-order chi connectivity index (χ0) is 20.8. The molecule has 1 aliphatic rings. The largest absolute Gasteiger partial charge is 0.482 e. The number of para-hydroxylation sites is 2. The molecule has 2 amide bonds. The van der Waals surface area contributed by atoms with Crippen LogP contribution in [-0.4, -0.2) is 37.0 Å². The summed E-state index contributed by atoms with van der Waals surface area (Å²) in [6.45, 7) is 3.26. The molecule has 2 aromatic carbocycles. The lowest BCUT2D eigenvalue weighted by atomic mass is 10.0. The molecule has 0 spiro atoms. The fourth-order valence-corrected chi connectivity index (χ4v) is 3.13. The van der Waals surface area contributed by atoms with Crippen LogP contribution in [0.4, 0.5) is 5.69 Å². The van der Waals surface area contributed by atoms with Crippen LogP contribution in [0.5, 0.6) is 5.75 Å². The monoisotopic (exact) mass is 396 g/mol. The maximum absolute atomic E-state index is 12.8. The number of nitrogens with one attached hydrogen (secondary N) is 1. The SMILES string of the molecule is CC(C)OC(=O)CC(NC(=O)CN1C(=O)COc2ccccc21)c1ccccc1. The summed E-state index contributed by atoms with van der Waals surface area (Å²) in [6.07, 6.45) is -0.237. The predicted octanol–water partition coefficient (Wildman–Crippen LogP) is 2.61. The van der Waals surface area contributed by atoms with Crippen LogP contribution in [0.15, 0.2) is 54.6 Å². The number of hydrogen-bond acceptors (Lipinski definition) is 5. The summed E-state index contributed by atoms with van der Waals surface area (Å²) >= 11 is 0. The summed E-state index contributed by atoms with van der Waals surface area (Å²) < 4.78 is 10.6. The molecule has 1 aliphatic heterocycles. The minimum absolute atomic E-state index is 0.00157. The lowest BCUT2D eigenvalue weighted by Gasteiger charge is -2.29. The molecule has 0 saturated carbocycles. The summed E-state index contributed by atoms with van der Waals surface area (Å²) in [4.78, 5) is 38.6. The van der Waals surface area contributed by atoms with Gasteiger partial charge in [0.25, 0.3) is 5.91 Å². The van der Waals surface area contributed by atoms with Gasteiger partial charge in [0.2, 0.25) is 5.91 Å². The molecule has 7 nitrogen and oxygen atoms in total. The highest BCUT2D eigenvalue weighted by Gasteiger charge is 2.28. The van der Waals surface area contributed by atoms with Gasteiger partial charge in [-0.2, -0.15) is 0 Å². The molecule has 2 aromatic rings. The lowest BCUT2D eigenvalue weighted by Crippen LogP contribution is -2.46. The number of carbonyl (C=O) groups excluding carboxylic acids is 3. The number of carbonyl (C=O) groups is 3. The van der Waals surface area contributed by atoms with Gasteiger partial charge >= 0.3 is 5.97 Å². The van der Waals surface area contributed by atoms with Crippen molar-refractivity contribution in [3.63, 3.8) is 0 Å². The van der Waals surface area contributed by atoms with E-state index in [1.54, 1.807) is 38.1 Å². The molecule has 0 radical (unpaired) electrons. The first-order valence-corrected chi connectivity index (χ1v) is 9.50. The second kappa shape index (κ2) is 9.23. The molecule has 1 atom stereocenters. The Labute approximate surface area is 169 Å². The molecular weight excluding hydrogens is 372 g/mol. The molecular formula is C22H24N2O5. The maximum atomic E-state index is 12.8. The van der Waals surface area contributed by atoms with Gasteiger partial charge in [-0.3, -0.25) is 19.3 Å². The molecule has 7 heteroatoms. The highest BCUT2D eigenvalue weighted by atomic mass is 16.5. The van der Waals surface area contributed by atoms with E-state index in [1.807, 2.05) is 30.3 Å². The molecule has 29 heavy (non-hydrogen) atoms. The summed E-state index contributed by atoms with van der Waals surface area (Å²) in [7, 11) is 0. The van der Waals surface area contributed by atoms with E-state index in [0.717, 1.165) is 5.56 Å². The number of amides is 2. The van der Waals surface area contributed by atoms with Gasteiger partial charge < -0.3 is 14.8 Å². The summed E-state index contributed by atoms with van der Waals surface area (Å²) in [5.41, 5.74) is 1.34. The van der Waals surface area contributed by atoms with Gasteiger partial charge in [-0.05, 0) is 31.5 Å². The molecule has 0 aromatic heterocycles. The fraction of sp³-hybridized carbons (Fsp3) is 0.318. The minimum atomic E-state index is -0.554. The maximum Gasteiger partial charge on any atom is 0.308 e. The average Bonchev–Trinajstić information content (AvgIpc) is 2.70. The smallest absolute Gasteiger partial charge is 0.308 e. The van der Waals surface area contributed by atoms with Crippen LogP contribution in [0.1, 0.15) is 31.9 Å². The Hall–Kier alpha value is -3.35. The van der Waals surface area contributed by atoms with Gasteiger partial charge in [0.15, 0.2) is 6.61 Å². The topological polar surface area (TPSA) is 84.9 Å². The van der Waals surface area contributed by atoms with E-state index in [9.17, 15) is 14.4 Å². The average molecular weight is 396 g/mol. The number of anilines is 1. The van der Waals surface area contributed by atoms with Crippen molar-refractivity contribution in [1.82, 2.24) is 5.32 Å². The van der Waals surface area contributed by atoms with E-state index in [2.05, 4.69) is 5.32 Å². The number of ether oxygens (including phenoxy) is 2. The van der Waals surface area contributed by atoms with E-state index >= 15 is 0 Å². The molecule has 0 saturated heterocycles. The zero-order valence-corrected chi connectivity index (χ0v) is 16.5. The highest BCUT2D eigenvalue weighted by Crippen LogP contribution is 2.31. The van der Waals surface area contributed by atoms with Crippen molar-refractivity contribution < 1.29 is 23.9 Å². The minimum Gasteiger partial charge on any atom is -0.482 e. The van der Waals surface area contributed by atoms with E-state index in [4.69, 9.17) is 9.47 Å². The predicted molar refractivity (Wildman–Crippen MR) is 107 cm³/mol. The first-order chi connectivity index (χ1) is 13.9. The number of hydrogen-bond donors (Lipinski definition) is 1. The van der Waals surface area contributed by atoms with Crippen molar-refractivity contribution in [1.29, 1.82) is 0 Å². The van der Waals surface area contributed by atoms with Gasteiger partial charge in [-0.15, -0.1) is 0 Å². The van der Waals surface area contributed by atoms with Crippen molar-refractivity contribution in [3.05, 3.63) is 60.2 Å². The summed E-state index contributed by atoms with van der Waals surface area (Å²) in [6, 6.07) is 15.7. The molecule has 152 valence electrons. The van der Waals surface area contributed by atoms with Crippen molar-refractivity contribution in [3.8, 4) is 5.75 Å². The molecule has 0 bridgehead atoms. The third-order valence-electron chi connectivity index (χ3n) is 4.39. The van der Waals surface area contributed by atoms with Crippen molar-refractivity contribution >= 4 is 23.5 Å². The van der Waals surface area contributed by atoms with E-state index in [0.29, 0.717) is 11.4 Å². The van der Waals surface area contributed by atoms with Crippen LogP contribution in [0.2, 0.25) is 0 Å². The quantitative estimate of drug-likeness (QED) is 0.727. The Kier molecular flexibility index (Phi) is 6.49. The molecule has 0 fully saturated rings. The second-order valence-electron chi connectivity index (χ2n) is 7.01. The van der Waals surface area contributed by atoms with Crippen molar-refractivity contribution in [2.75, 3.05) is 18.1 Å². The van der Waals surface area contributed by atoms with Crippen LogP contribution < -0.4 is 15.0 Å². The number of benzene rings is 2. The normalized spacial score (nSPS) is 14.0. The molecule has 3 rings (SSSR count). The standard InChI is InChI=1S/C22H24N2O5/c1-15(2)29-22(27)12-17(16-8-4-3-5-9-16)23-20(25)13-24-18-10-6-7-11-19(18)28-14-21(24)26/h3-11,15,17H,12-14H2,1-2H3,(H,23,25). The third kappa shape index (κ3) is 5.34. The summed E-state index contributed by atoms with van der Waals surface area (Å²) in [5.74, 6) is -0.516. The molecule has 1 N–H and O–H groups in total. The van der Waals surface area contributed by atoms with Crippen LogP contribution in [-0.2, 0) is 19.1 Å². The number of nitrogens with zero attached hydrogens (tertiary/aromatic N) is 1. The Morgan fingerprint density at radius 3 is 2.52 bits per heavy atom. The first kappa shape index (κ1) is 20.4. The summed E-state index contributed by atoms with van der Waals surface area (Å²) in [5, 5.41) is 2.86. The van der Waals surface area contributed by atoms with Gasteiger partial charge in [-0.25, -0.2) is 0 Å². The van der Waals surface area contributed by atoms with Gasteiger partial charge in [0, 0.05) is 0 Å². The number of fused-ring (bicyclic) bond motifs is 1. The number of esters is 1. The lowest BCUT2D eigenvalue weighted by molar-refractivity contribution is -0.148. The van der Waals surface area contributed by atoms with Crippen LogP contribution in [0.25, 0.3) is 0 Å². The Balaban J connectivity index is 1.73. The Morgan fingerprint density at radius 2 is 1.79 bits per heavy atom. The first-order valence-electron chi connectivity index (χ1n) is 9.50. The highest BCUT2D eigenvalue weighted by molar-refractivity contribution is 6.02. The van der Waals surface area contributed by atoms with Crippen LogP contribution in [0.3, 0.4) is 0 Å². The molecule has 1 heterocycles. The third-order valence-corrected chi connectivity index (χ3v) is 4.39. The fourth-order valence-electron chi connectivity index (χ4n) is 3.13.